The maximum Gasteiger partial charge on any atom is 0.133 e. The predicted octanol–water partition coefficient (Wildman–Crippen LogP) is 4.16. The molecule has 3 atom stereocenters. The van der Waals surface area contributed by atoms with Gasteiger partial charge in [-0.1, -0.05) is 37.3 Å². The van der Waals surface area contributed by atoms with Crippen molar-refractivity contribution < 1.29 is 0 Å². The summed E-state index contributed by atoms with van der Waals surface area (Å²) in [6, 6.07) is 13.1. The maximum absolute atomic E-state index is 4.71. The van der Waals surface area contributed by atoms with Crippen molar-refractivity contribution in [3.63, 3.8) is 0 Å². The molecular weight excluding hydrogens is 258 g/mol. The van der Waals surface area contributed by atoms with Crippen LogP contribution in [0.3, 0.4) is 0 Å². The van der Waals surface area contributed by atoms with Gasteiger partial charge in [-0.15, -0.1) is 0 Å². The van der Waals surface area contributed by atoms with Crippen molar-refractivity contribution in [1.29, 1.82) is 0 Å². The third-order valence-electron chi connectivity index (χ3n) is 4.68. The van der Waals surface area contributed by atoms with Crippen molar-refractivity contribution in [3.8, 4) is 0 Å². The van der Waals surface area contributed by atoms with Crippen LogP contribution in [0.1, 0.15) is 49.5 Å². The summed E-state index contributed by atoms with van der Waals surface area (Å²) in [5, 5.41) is 3.66. The third-order valence-corrected chi connectivity index (χ3v) is 4.68. The van der Waals surface area contributed by atoms with Gasteiger partial charge in [-0.3, -0.25) is 0 Å². The van der Waals surface area contributed by atoms with Gasteiger partial charge in [0.25, 0.3) is 0 Å². The van der Waals surface area contributed by atoms with Crippen LogP contribution in [0.2, 0.25) is 0 Å². The second-order valence-electron chi connectivity index (χ2n) is 6.48. The minimum atomic E-state index is 0.364. The highest BCUT2D eigenvalue weighted by Gasteiger charge is 2.40. The van der Waals surface area contributed by atoms with Crippen molar-refractivity contribution in [3.05, 3.63) is 54.0 Å². The van der Waals surface area contributed by atoms with Crippen LogP contribution in [0.25, 0.3) is 0 Å². The second kappa shape index (κ2) is 5.14. The fraction of sp³-hybridized carbons (Fsp3) is 0.444. The number of nitrogens with one attached hydrogen (secondary N) is 1. The van der Waals surface area contributed by atoms with Gasteiger partial charge in [-0.2, -0.15) is 0 Å². The highest BCUT2D eigenvalue weighted by atomic mass is 15.1. The Morgan fingerprint density at radius 1 is 1.14 bits per heavy atom. The lowest BCUT2D eigenvalue weighted by molar-refractivity contribution is 0.628. The van der Waals surface area contributed by atoms with Gasteiger partial charge in [0.1, 0.15) is 11.6 Å². The molecule has 0 saturated heterocycles. The van der Waals surface area contributed by atoms with E-state index in [0.717, 1.165) is 17.6 Å². The molecule has 2 aliphatic carbocycles. The summed E-state index contributed by atoms with van der Waals surface area (Å²) in [6.07, 6.45) is 5.67. The molecule has 3 heteroatoms. The third kappa shape index (κ3) is 2.78. The molecule has 3 unspecified atom stereocenters. The van der Waals surface area contributed by atoms with Gasteiger partial charge >= 0.3 is 0 Å². The van der Waals surface area contributed by atoms with Crippen LogP contribution in [0.5, 0.6) is 0 Å². The molecule has 108 valence electrons. The lowest BCUT2D eigenvalue weighted by Gasteiger charge is -2.20. The number of aromatic nitrogens is 2. The van der Waals surface area contributed by atoms with Gasteiger partial charge in [0, 0.05) is 12.1 Å². The first kappa shape index (κ1) is 12.8. The average molecular weight is 279 g/mol. The van der Waals surface area contributed by atoms with Gasteiger partial charge in [-0.05, 0) is 42.7 Å². The van der Waals surface area contributed by atoms with Crippen molar-refractivity contribution in [1.82, 2.24) is 9.97 Å². The quantitative estimate of drug-likeness (QED) is 0.893. The Labute approximate surface area is 125 Å². The van der Waals surface area contributed by atoms with Crippen LogP contribution in [-0.2, 0) is 0 Å². The predicted molar refractivity (Wildman–Crippen MR) is 84.1 cm³/mol. The molecule has 0 radical (unpaired) electrons. The van der Waals surface area contributed by atoms with Gasteiger partial charge < -0.3 is 5.32 Å². The summed E-state index contributed by atoms with van der Waals surface area (Å²) in [7, 11) is 0. The Morgan fingerprint density at radius 2 is 1.90 bits per heavy atom. The van der Waals surface area contributed by atoms with Crippen molar-refractivity contribution in [2.75, 3.05) is 5.32 Å². The zero-order valence-corrected chi connectivity index (χ0v) is 12.4. The molecule has 2 aliphatic rings. The van der Waals surface area contributed by atoms with Crippen LogP contribution in [-0.4, -0.2) is 9.97 Å². The summed E-state index contributed by atoms with van der Waals surface area (Å²) in [6.45, 7) is 2.33. The SMILES string of the molecule is CC1CC1C(Nc1ccnc(C2CC2)n1)c1ccccc1. The fourth-order valence-electron chi connectivity index (χ4n) is 3.07. The molecular formula is C18H21N3. The molecule has 4 rings (SSSR count). The van der Waals surface area contributed by atoms with E-state index in [-0.39, 0.29) is 0 Å². The van der Waals surface area contributed by atoms with Crippen molar-refractivity contribution in [2.45, 2.75) is 38.1 Å². The van der Waals surface area contributed by atoms with E-state index in [4.69, 9.17) is 4.98 Å². The summed E-state index contributed by atoms with van der Waals surface area (Å²) in [5.74, 6) is 4.09. The number of hydrogen-bond donors (Lipinski definition) is 1. The van der Waals surface area contributed by atoms with E-state index >= 15 is 0 Å². The molecule has 3 nitrogen and oxygen atoms in total. The van der Waals surface area contributed by atoms with Crippen LogP contribution in [0, 0.1) is 11.8 Å². The van der Waals surface area contributed by atoms with Crippen LogP contribution >= 0.6 is 0 Å². The molecule has 1 heterocycles. The Kier molecular flexibility index (Phi) is 3.13. The lowest BCUT2D eigenvalue weighted by Crippen LogP contribution is -2.15. The smallest absolute Gasteiger partial charge is 0.133 e. The Balaban J connectivity index is 1.58. The van der Waals surface area contributed by atoms with Gasteiger partial charge in [-0.25, -0.2) is 9.97 Å². The maximum atomic E-state index is 4.71. The summed E-state index contributed by atoms with van der Waals surface area (Å²) in [5.41, 5.74) is 1.36. The zero-order valence-electron chi connectivity index (χ0n) is 12.4. The first-order valence-corrected chi connectivity index (χ1v) is 7.95. The number of rotatable bonds is 5. The summed E-state index contributed by atoms with van der Waals surface area (Å²) in [4.78, 5) is 9.12. The first-order chi connectivity index (χ1) is 10.3. The van der Waals surface area contributed by atoms with Crippen LogP contribution < -0.4 is 5.32 Å². The minimum absolute atomic E-state index is 0.364. The van der Waals surface area contributed by atoms with E-state index in [1.807, 2.05) is 12.3 Å². The average Bonchev–Trinajstić information content (AvgIpc) is 3.42. The number of benzene rings is 1. The lowest BCUT2D eigenvalue weighted by atomic mass is 10.0. The number of anilines is 1. The highest BCUT2D eigenvalue weighted by molar-refractivity contribution is 5.39. The molecule has 0 amide bonds. The normalized spacial score (nSPS) is 25.4. The minimum Gasteiger partial charge on any atom is -0.363 e. The van der Waals surface area contributed by atoms with Gasteiger partial charge in [0.15, 0.2) is 0 Å². The molecule has 2 fully saturated rings. The van der Waals surface area contributed by atoms with E-state index in [1.54, 1.807) is 0 Å². The molecule has 2 aromatic rings. The second-order valence-corrected chi connectivity index (χ2v) is 6.48. The van der Waals surface area contributed by atoms with Crippen molar-refractivity contribution >= 4 is 5.82 Å². The van der Waals surface area contributed by atoms with Crippen LogP contribution in [0.4, 0.5) is 5.82 Å². The molecule has 0 bridgehead atoms. The van der Waals surface area contributed by atoms with E-state index in [0.29, 0.717) is 17.9 Å². The highest BCUT2D eigenvalue weighted by Crippen LogP contribution is 2.48. The molecule has 21 heavy (non-hydrogen) atoms. The molecule has 1 aromatic carbocycles. The summed E-state index contributed by atoms with van der Waals surface area (Å²) >= 11 is 0. The number of hydrogen-bond acceptors (Lipinski definition) is 3. The van der Waals surface area contributed by atoms with Crippen LogP contribution in [0.15, 0.2) is 42.6 Å². The Hall–Kier alpha value is -1.90. The molecule has 2 saturated carbocycles. The van der Waals surface area contributed by atoms with E-state index in [1.165, 1.54) is 24.8 Å². The topological polar surface area (TPSA) is 37.8 Å². The zero-order chi connectivity index (χ0) is 14.2. The number of nitrogens with zero attached hydrogens (tertiary/aromatic N) is 2. The van der Waals surface area contributed by atoms with E-state index < -0.39 is 0 Å². The van der Waals surface area contributed by atoms with Gasteiger partial charge in [0.2, 0.25) is 0 Å². The van der Waals surface area contributed by atoms with E-state index in [2.05, 4.69) is 47.6 Å². The summed E-state index contributed by atoms with van der Waals surface area (Å²) < 4.78 is 0. The largest absolute Gasteiger partial charge is 0.363 e. The fourth-order valence-corrected chi connectivity index (χ4v) is 3.07. The monoisotopic (exact) mass is 279 g/mol. The molecule has 1 aromatic heterocycles. The molecule has 1 N–H and O–H groups in total. The molecule has 0 spiro atoms. The van der Waals surface area contributed by atoms with Crippen molar-refractivity contribution in [2.24, 2.45) is 11.8 Å². The van der Waals surface area contributed by atoms with E-state index in [9.17, 15) is 0 Å². The van der Waals surface area contributed by atoms with Gasteiger partial charge in [0.05, 0.1) is 6.04 Å². The Bertz CT molecular complexity index is 621. The molecule has 0 aliphatic heterocycles. The standard InChI is InChI=1S/C18H21N3/c1-12-11-15(12)17(13-5-3-2-4-6-13)20-16-9-10-19-18(21-16)14-7-8-14/h2-6,9-10,12,14-15,17H,7-8,11H2,1H3,(H,19,20,21). The first-order valence-electron chi connectivity index (χ1n) is 7.95. The Morgan fingerprint density at radius 3 is 2.57 bits per heavy atom.